The molecule has 0 atom stereocenters. The highest BCUT2D eigenvalue weighted by atomic mass is 16.5. The van der Waals surface area contributed by atoms with Crippen molar-refractivity contribution in [2.45, 2.75) is 6.92 Å². The Morgan fingerprint density at radius 2 is 1.96 bits per heavy atom. The van der Waals surface area contributed by atoms with Crippen molar-refractivity contribution in [3.8, 4) is 17.3 Å². The molecule has 0 aliphatic rings. The number of nitrogens with one attached hydrogen (secondary N) is 1. The number of rotatable bonds is 4. The number of aromatic nitrogens is 2. The monoisotopic (exact) mass is 334 g/mol. The molecule has 3 rings (SSSR count). The molecule has 0 spiro atoms. The zero-order valence-corrected chi connectivity index (χ0v) is 13.6. The number of carbonyl (C=O) groups excluding carboxylic acids is 1. The molecule has 3 aromatic rings. The average molecular weight is 334 g/mol. The van der Waals surface area contributed by atoms with E-state index in [1.54, 1.807) is 19.1 Å². The summed E-state index contributed by atoms with van der Waals surface area (Å²) in [4.78, 5) is 11.8. The molecule has 0 saturated carbocycles. The molecule has 1 N–H and O–H groups in total. The van der Waals surface area contributed by atoms with Crippen LogP contribution in [0.25, 0.3) is 11.3 Å². The highest BCUT2D eigenvalue weighted by Gasteiger charge is 2.24. The molecule has 0 aliphatic carbocycles. The molecule has 0 saturated heterocycles. The van der Waals surface area contributed by atoms with Crippen molar-refractivity contribution in [2.75, 3.05) is 12.4 Å². The second-order valence-corrected chi connectivity index (χ2v) is 5.14. The number of benzene rings is 1. The molecule has 0 radical (unpaired) electrons. The molecule has 7 nitrogen and oxygen atoms in total. The first-order valence-corrected chi connectivity index (χ1v) is 7.42. The number of hydrogen-bond donors (Lipinski definition) is 1. The van der Waals surface area contributed by atoms with Crippen LogP contribution in [0.15, 0.2) is 46.9 Å². The predicted molar refractivity (Wildman–Crippen MR) is 90.3 cm³/mol. The standard InChI is InChI=1S/C18H14N4O3/c1-11-16(18(23)24-2)13(10-19)17(25-11)20-15-9-8-14(21-22-15)12-6-4-3-5-7-12/h3-9H,1-2H3,(H,20,22). The van der Waals surface area contributed by atoms with Crippen LogP contribution >= 0.6 is 0 Å². The fraction of sp³-hybridized carbons (Fsp3) is 0.111. The van der Waals surface area contributed by atoms with Crippen LogP contribution in [0.2, 0.25) is 0 Å². The van der Waals surface area contributed by atoms with E-state index in [1.807, 2.05) is 36.4 Å². The van der Waals surface area contributed by atoms with Crippen LogP contribution in [0.3, 0.4) is 0 Å². The van der Waals surface area contributed by atoms with E-state index in [-0.39, 0.29) is 17.0 Å². The number of furan rings is 1. The first-order valence-electron chi connectivity index (χ1n) is 7.42. The van der Waals surface area contributed by atoms with Gasteiger partial charge in [0.2, 0.25) is 5.88 Å². The Kier molecular flexibility index (Phi) is 4.44. The van der Waals surface area contributed by atoms with E-state index in [2.05, 4.69) is 20.3 Å². The summed E-state index contributed by atoms with van der Waals surface area (Å²) in [6.07, 6.45) is 0. The van der Waals surface area contributed by atoms with Gasteiger partial charge in [-0.25, -0.2) is 4.79 Å². The smallest absolute Gasteiger partial charge is 0.342 e. The molecular formula is C18H14N4O3. The maximum atomic E-state index is 11.8. The molecule has 124 valence electrons. The van der Waals surface area contributed by atoms with Crippen molar-refractivity contribution in [1.82, 2.24) is 10.2 Å². The maximum absolute atomic E-state index is 11.8. The van der Waals surface area contributed by atoms with E-state index in [1.165, 1.54) is 7.11 Å². The molecule has 1 aromatic carbocycles. The van der Waals surface area contributed by atoms with Gasteiger partial charge in [0.1, 0.15) is 23.0 Å². The van der Waals surface area contributed by atoms with E-state index >= 15 is 0 Å². The maximum Gasteiger partial charge on any atom is 0.342 e. The lowest BCUT2D eigenvalue weighted by atomic mass is 10.1. The summed E-state index contributed by atoms with van der Waals surface area (Å²) in [5.41, 5.74) is 1.83. The average Bonchev–Trinajstić information content (AvgIpc) is 2.97. The third-order valence-electron chi connectivity index (χ3n) is 3.56. The first kappa shape index (κ1) is 16.2. The van der Waals surface area contributed by atoms with Crippen molar-refractivity contribution in [1.29, 1.82) is 5.26 Å². The lowest BCUT2D eigenvalue weighted by molar-refractivity contribution is 0.0598. The van der Waals surface area contributed by atoms with E-state index in [0.717, 1.165) is 11.3 Å². The van der Waals surface area contributed by atoms with E-state index in [4.69, 9.17) is 4.42 Å². The van der Waals surface area contributed by atoms with Crippen LogP contribution in [0.4, 0.5) is 11.7 Å². The van der Waals surface area contributed by atoms with Crippen LogP contribution in [0, 0.1) is 18.3 Å². The van der Waals surface area contributed by atoms with Crippen LogP contribution in [-0.2, 0) is 4.74 Å². The highest BCUT2D eigenvalue weighted by molar-refractivity contribution is 5.95. The van der Waals surface area contributed by atoms with E-state index < -0.39 is 5.97 Å². The predicted octanol–water partition coefficient (Wildman–Crippen LogP) is 3.45. The van der Waals surface area contributed by atoms with E-state index in [0.29, 0.717) is 11.6 Å². The Labute approximate surface area is 143 Å². The van der Waals surface area contributed by atoms with Crippen molar-refractivity contribution < 1.29 is 13.9 Å². The summed E-state index contributed by atoms with van der Waals surface area (Å²) in [6, 6.07) is 15.1. The topological polar surface area (TPSA) is 101 Å². The molecule has 2 aromatic heterocycles. The number of anilines is 2. The minimum absolute atomic E-state index is 0.0679. The molecule has 2 heterocycles. The van der Waals surface area contributed by atoms with Crippen molar-refractivity contribution in [3.05, 3.63) is 59.4 Å². The summed E-state index contributed by atoms with van der Waals surface area (Å²) in [7, 11) is 1.25. The van der Waals surface area contributed by atoms with Crippen LogP contribution in [-0.4, -0.2) is 23.3 Å². The second kappa shape index (κ2) is 6.84. The third kappa shape index (κ3) is 3.19. The minimum atomic E-state index is -0.628. The third-order valence-corrected chi connectivity index (χ3v) is 3.56. The Morgan fingerprint density at radius 1 is 1.20 bits per heavy atom. The summed E-state index contributed by atoms with van der Waals surface area (Å²) in [5, 5.41) is 20.4. The Morgan fingerprint density at radius 3 is 2.56 bits per heavy atom. The Bertz CT molecular complexity index is 941. The first-order chi connectivity index (χ1) is 12.1. The number of nitrogens with zero attached hydrogens (tertiary/aromatic N) is 3. The number of ether oxygens (including phenoxy) is 1. The van der Waals surface area contributed by atoms with Gasteiger partial charge in [0.25, 0.3) is 0 Å². The summed E-state index contributed by atoms with van der Waals surface area (Å²) >= 11 is 0. The van der Waals surface area contributed by atoms with Gasteiger partial charge >= 0.3 is 5.97 Å². The summed E-state index contributed by atoms with van der Waals surface area (Å²) in [5.74, 6) is 0.180. The fourth-order valence-corrected chi connectivity index (χ4v) is 2.37. The van der Waals surface area contributed by atoms with Crippen LogP contribution in [0.5, 0.6) is 0 Å². The molecule has 0 amide bonds. The molecule has 7 heteroatoms. The van der Waals surface area contributed by atoms with Gasteiger partial charge in [-0.3, -0.25) is 0 Å². The van der Waals surface area contributed by atoms with Crippen LogP contribution in [0.1, 0.15) is 21.7 Å². The molecule has 25 heavy (non-hydrogen) atoms. The SMILES string of the molecule is COC(=O)c1c(C)oc(Nc2ccc(-c3ccccc3)nn2)c1C#N. The largest absolute Gasteiger partial charge is 0.465 e. The van der Waals surface area contributed by atoms with Gasteiger partial charge in [-0.05, 0) is 19.1 Å². The Balaban J connectivity index is 1.88. The van der Waals surface area contributed by atoms with Crippen molar-refractivity contribution in [3.63, 3.8) is 0 Å². The number of nitriles is 1. The molecule has 0 aliphatic heterocycles. The van der Waals surface area contributed by atoms with Gasteiger partial charge in [0, 0.05) is 5.56 Å². The quantitative estimate of drug-likeness (QED) is 0.729. The summed E-state index contributed by atoms with van der Waals surface area (Å²) in [6.45, 7) is 1.59. The molecule has 0 unspecified atom stereocenters. The number of aryl methyl sites for hydroxylation is 1. The lowest BCUT2D eigenvalue weighted by Crippen LogP contribution is -2.04. The molecular weight excluding hydrogens is 320 g/mol. The molecule has 0 bridgehead atoms. The van der Waals surface area contributed by atoms with E-state index in [9.17, 15) is 10.1 Å². The summed E-state index contributed by atoms with van der Waals surface area (Å²) < 4.78 is 10.2. The lowest BCUT2D eigenvalue weighted by Gasteiger charge is -2.04. The zero-order valence-electron chi connectivity index (χ0n) is 13.6. The van der Waals surface area contributed by atoms with Gasteiger partial charge in [0.15, 0.2) is 5.82 Å². The zero-order chi connectivity index (χ0) is 17.8. The molecule has 0 fully saturated rings. The van der Waals surface area contributed by atoms with Crippen molar-refractivity contribution in [2.24, 2.45) is 0 Å². The second-order valence-electron chi connectivity index (χ2n) is 5.14. The highest BCUT2D eigenvalue weighted by Crippen LogP contribution is 2.29. The Hall–Kier alpha value is -3.66. The van der Waals surface area contributed by atoms with Gasteiger partial charge < -0.3 is 14.5 Å². The van der Waals surface area contributed by atoms with Gasteiger partial charge in [-0.2, -0.15) is 5.26 Å². The number of esters is 1. The van der Waals surface area contributed by atoms with Gasteiger partial charge in [0.05, 0.1) is 12.8 Å². The number of methoxy groups -OCH3 is 1. The normalized spacial score (nSPS) is 10.1. The van der Waals surface area contributed by atoms with Gasteiger partial charge in [-0.15, -0.1) is 10.2 Å². The van der Waals surface area contributed by atoms with Gasteiger partial charge in [-0.1, -0.05) is 30.3 Å². The number of hydrogen-bond acceptors (Lipinski definition) is 7. The van der Waals surface area contributed by atoms with Crippen molar-refractivity contribution >= 4 is 17.7 Å². The fourth-order valence-electron chi connectivity index (χ4n) is 2.37. The van der Waals surface area contributed by atoms with Crippen LogP contribution < -0.4 is 5.32 Å². The number of carbonyl (C=O) groups is 1. The minimum Gasteiger partial charge on any atom is -0.465 e.